The summed E-state index contributed by atoms with van der Waals surface area (Å²) in [5.41, 5.74) is 0.974. The van der Waals surface area contributed by atoms with E-state index in [0.717, 1.165) is 22.9 Å². The zero-order valence-corrected chi connectivity index (χ0v) is 11.4. The van der Waals surface area contributed by atoms with Crippen molar-refractivity contribution in [2.45, 2.75) is 38.9 Å². The van der Waals surface area contributed by atoms with Crippen LogP contribution >= 0.6 is 15.9 Å². The van der Waals surface area contributed by atoms with Gasteiger partial charge in [0.15, 0.2) is 6.10 Å². The maximum absolute atomic E-state index is 11.0. The summed E-state index contributed by atoms with van der Waals surface area (Å²) in [7, 11) is 0. The number of hydrogen-bond acceptors (Lipinski definition) is 2. The van der Waals surface area contributed by atoms with Gasteiger partial charge >= 0.3 is 5.97 Å². The molecule has 0 radical (unpaired) electrons. The third-order valence-electron chi connectivity index (χ3n) is 2.44. The molecule has 17 heavy (non-hydrogen) atoms. The topological polar surface area (TPSA) is 46.5 Å². The van der Waals surface area contributed by atoms with Gasteiger partial charge in [-0.2, -0.15) is 0 Å². The Hall–Kier alpha value is -0.870. The van der Waals surface area contributed by atoms with Crippen LogP contribution in [-0.4, -0.2) is 17.2 Å². The molecule has 1 atom stereocenters. The first-order chi connectivity index (χ1) is 8.13. The van der Waals surface area contributed by atoms with E-state index in [1.165, 1.54) is 0 Å². The lowest BCUT2D eigenvalue weighted by atomic mass is 10.1. The van der Waals surface area contributed by atoms with Gasteiger partial charge in [0.2, 0.25) is 0 Å². The van der Waals surface area contributed by atoms with Crippen LogP contribution in [-0.2, 0) is 16.1 Å². The number of ether oxygens (including phenoxy) is 1. The van der Waals surface area contributed by atoms with Gasteiger partial charge in [-0.3, -0.25) is 0 Å². The highest BCUT2D eigenvalue weighted by Gasteiger charge is 2.17. The van der Waals surface area contributed by atoms with E-state index in [1.54, 1.807) is 0 Å². The first-order valence-electron chi connectivity index (χ1n) is 5.72. The lowest BCUT2D eigenvalue weighted by Crippen LogP contribution is -2.23. The first-order valence-corrected chi connectivity index (χ1v) is 6.51. The standard InChI is InChI=1S/C13H17BrO3/c1-2-3-7-12(13(15)16)17-9-10-5-4-6-11(14)8-10/h4-6,8,12H,2-3,7,9H2,1H3,(H,15,16). The minimum absolute atomic E-state index is 0.333. The van der Waals surface area contributed by atoms with Crippen molar-refractivity contribution < 1.29 is 14.6 Å². The van der Waals surface area contributed by atoms with E-state index >= 15 is 0 Å². The lowest BCUT2D eigenvalue weighted by molar-refractivity contribution is -0.151. The number of carboxylic acid groups (broad SMARTS) is 1. The smallest absolute Gasteiger partial charge is 0.332 e. The minimum Gasteiger partial charge on any atom is -0.479 e. The molecule has 0 aliphatic rings. The van der Waals surface area contributed by atoms with Crippen molar-refractivity contribution in [2.24, 2.45) is 0 Å². The van der Waals surface area contributed by atoms with Gasteiger partial charge < -0.3 is 9.84 Å². The average molecular weight is 301 g/mol. The number of carboxylic acids is 1. The summed E-state index contributed by atoms with van der Waals surface area (Å²) in [6.07, 6.45) is 1.72. The third-order valence-corrected chi connectivity index (χ3v) is 2.93. The van der Waals surface area contributed by atoms with Crippen LogP contribution in [0.25, 0.3) is 0 Å². The van der Waals surface area contributed by atoms with Crippen LogP contribution in [0.2, 0.25) is 0 Å². The molecular weight excluding hydrogens is 284 g/mol. The Morgan fingerprint density at radius 1 is 1.53 bits per heavy atom. The molecule has 1 aromatic rings. The number of aliphatic carboxylic acids is 1. The van der Waals surface area contributed by atoms with Crippen molar-refractivity contribution in [1.29, 1.82) is 0 Å². The molecule has 0 aliphatic carbocycles. The van der Waals surface area contributed by atoms with Crippen LogP contribution in [0.3, 0.4) is 0 Å². The van der Waals surface area contributed by atoms with Crippen molar-refractivity contribution in [3.05, 3.63) is 34.3 Å². The molecule has 0 heterocycles. The lowest BCUT2D eigenvalue weighted by Gasteiger charge is -2.13. The molecular formula is C13H17BrO3. The zero-order valence-electron chi connectivity index (χ0n) is 9.86. The van der Waals surface area contributed by atoms with Crippen LogP contribution in [0.15, 0.2) is 28.7 Å². The predicted octanol–water partition coefficient (Wildman–Crippen LogP) is 3.61. The molecule has 3 nitrogen and oxygen atoms in total. The molecule has 1 aromatic carbocycles. The van der Waals surface area contributed by atoms with E-state index in [9.17, 15) is 4.79 Å². The summed E-state index contributed by atoms with van der Waals surface area (Å²) in [5, 5.41) is 9.00. The Bertz CT molecular complexity index is 365. The Balaban J connectivity index is 2.48. The second kappa shape index (κ2) is 7.45. The van der Waals surface area contributed by atoms with E-state index in [-0.39, 0.29) is 0 Å². The van der Waals surface area contributed by atoms with E-state index in [4.69, 9.17) is 9.84 Å². The van der Waals surface area contributed by atoms with Gasteiger partial charge in [0.25, 0.3) is 0 Å². The molecule has 0 aromatic heterocycles. The Labute approximate surface area is 110 Å². The molecule has 1 unspecified atom stereocenters. The van der Waals surface area contributed by atoms with Crippen LogP contribution < -0.4 is 0 Å². The van der Waals surface area contributed by atoms with E-state index < -0.39 is 12.1 Å². The van der Waals surface area contributed by atoms with E-state index in [1.807, 2.05) is 31.2 Å². The monoisotopic (exact) mass is 300 g/mol. The van der Waals surface area contributed by atoms with Gasteiger partial charge in [-0.1, -0.05) is 47.8 Å². The molecule has 4 heteroatoms. The summed E-state index contributed by atoms with van der Waals surface area (Å²) in [6, 6.07) is 7.68. The highest BCUT2D eigenvalue weighted by molar-refractivity contribution is 9.10. The van der Waals surface area contributed by atoms with Crippen molar-refractivity contribution in [3.8, 4) is 0 Å². The number of hydrogen-bond donors (Lipinski definition) is 1. The second-order valence-corrected chi connectivity index (χ2v) is 4.83. The molecule has 1 N–H and O–H groups in total. The summed E-state index contributed by atoms with van der Waals surface area (Å²) in [6.45, 7) is 2.37. The number of rotatable bonds is 7. The van der Waals surface area contributed by atoms with Crippen LogP contribution in [0.4, 0.5) is 0 Å². The van der Waals surface area contributed by atoms with Gasteiger partial charge in [-0.05, 0) is 24.1 Å². The second-order valence-electron chi connectivity index (χ2n) is 3.91. The minimum atomic E-state index is -0.881. The fourth-order valence-corrected chi connectivity index (χ4v) is 1.94. The highest BCUT2D eigenvalue weighted by atomic mass is 79.9. The van der Waals surface area contributed by atoms with Gasteiger partial charge in [0.1, 0.15) is 0 Å². The fourth-order valence-electron chi connectivity index (χ4n) is 1.49. The molecule has 0 bridgehead atoms. The third kappa shape index (κ3) is 5.33. The normalized spacial score (nSPS) is 12.4. The van der Waals surface area contributed by atoms with Crippen LogP contribution in [0, 0.1) is 0 Å². The van der Waals surface area contributed by atoms with E-state index in [0.29, 0.717) is 13.0 Å². The fraction of sp³-hybridized carbons (Fsp3) is 0.462. The van der Waals surface area contributed by atoms with Crippen molar-refractivity contribution in [1.82, 2.24) is 0 Å². The molecule has 0 spiro atoms. The number of benzene rings is 1. The number of unbranched alkanes of at least 4 members (excludes halogenated alkanes) is 1. The Morgan fingerprint density at radius 2 is 2.29 bits per heavy atom. The summed E-state index contributed by atoms with van der Waals surface area (Å²) in [5.74, 6) is -0.881. The predicted molar refractivity (Wildman–Crippen MR) is 69.9 cm³/mol. The van der Waals surface area contributed by atoms with Gasteiger partial charge in [0, 0.05) is 4.47 Å². The molecule has 0 amide bonds. The number of carbonyl (C=O) groups is 1. The van der Waals surface area contributed by atoms with E-state index in [2.05, 4.69) is 15.9 Å². The highest BCUT2D eigenvalue weighted by Crippen LogP contribution is 2.14. The molecule has 1 rings (SSSR count). The maximum atomic E-state index is 11.0. The molecule has 94 valence electrons. The summed E-state index contributed by atoms with van der Waals surface area (Å²) < 4.78 is 6.40. The quantitative estimate of drug-likeness (QED) is 0.837. The van der Waals surface area contributed by atoms with Crippen molar-refractivity contribution in [3.63, 3.8) is 0 Å². The van der Waals surface area contributed by atoms with Gasteiger partial charge in [-0.25, -0.2) is 4.79 Å². The largest absolute Gasteiger partial charge is 0.479 e. The molecule has 0 saturated heterocycles. The number of halogens is 1. The SMILES string of the molecule is CCCCC(OCc1cccc(Br)c1)C(=O)O. The van der Waals surface area contributed by atoms with Crippen molar-refractivity contribution in [2.75, 3.05) is 0 Å². The molecule has 0 saturated carbocycles. The molecule has 0 aliphatic heterocycles. The van der Waals surface area contributed by atoms with Crippen LogP contribution in [0.5, 0.6) is 0 Å². The zero-order chi connectivity index (χ0) is 12.7. The Morgan fingerprint density at radius 3 is 2.88 bits per heavy atom. The maximum Gasteiger partial charge on any atom is 0.332 e. The van der Waals surface area contributed by atoms with Gasteiger partial charge in [-0.15, -0.1) is 0 Å². The Kier molecular flexibility index (Phi) is 6.22. The first kappa shape index (κ1) is 14.2. The summed E-state index contributed by atoms with van der Waals surface area (Å²) >= 11 is 3.37. The van der Waals surface area contributed by atoms with Gasteiger partial charge in [0.05, 0.1) is 6.61 Å². The summed E-state index contributed by atoms with van der Waals surface area (Å²) in [4.78, 5) is 11.0. The molecule has 0 fully saturated rings. The van der Waals surface area contributed by atoms with Crippen molar-refractivity contribution >= 4 is 21.9 Å². The van der Waals surface area contributed by atoms with Crippen LogP contribution in [0.1, 0.15) is 31.7 Å². The average Bonchev–Trinajstić information content (AvgIpc) is 2.28.